The molecule has 1 heterocycles. The molecular formula is C15H22F2N2. The molecule has 1 aromatic rings. The summed E-state index contributed by atoms with van der Waals surface area (Å²) < 4.78 is 28.0. The lowest BCUT2D eigenvalue weighted by Gasteiger charge is -2.34. The highest BCUT2D eigenvalue weighted by molar-refractivity contribution is 5.51. The summed E-state index contributed by atoms with van der Waals surface area (Å²) >= 11 is 0. The first-order valence-electron chi connectivity index (χ1n) is 7.08. The number of rotatable bonds is 4. The predicted octanol–water partition coefficient (Wildman–Crippen LogP) is 3.44. The molecule has 0 bridgehead atoms. The SMILES string of the molecule is CCCC1CCN(c2c(F)cc(CN)cc2F)CC1. The largest absolute Gasteiger partial charge is 0.367 e. The van der Waals surface area contributed by atoms with Crippen LogP contribution in [0, 0.1) is 17.6 Å². The van der Waals surface area contributed by atoms with Crippen molar-refractivity contribution in [2.45, 2.75) is 39.2 Å². The number of halogens is 2. The highest BCUT2D eigenvalue weighted by Crippen LogP contribution is 2.30. The van der Waals surface area contributed by atoms with E-state index >= 15 is 0 Å². The molecule has 0 aromatic heterocycles. The molecule has 0 radical (unpaired) electrons. The fourth-order valence-electron chi connectivity index (χ4n) is 2.89. The number of nitrogens with zero attached hydrogens (tertiary/aromatic N) is 1. The molecule has 1 fully saturated rings. The summed E-state index contributed by atoms with van der Waals surface area (Å²) in [6.45, 7) is 3.81. The normalized spacial score (nSPS) is 16.9. The van der Waals surface area contributed by atoms with Gasteiger partial charge in [0.25, 0.3) is 0 Å². The summed E-state index contributed by atoms with van der Waals surface area (Å²) in [4.78, 5) is 1.83. The van der Waals surface area contributed by atoms with Crippen LogP contribution in [-0.2, 0) is 6.54 Å². The first kappa shape index (κ1) is 14.3. The van der Waals surface area contributed by atoms with E-state index in [2.05, 4.69) is 6.92 Å². The van der Waals surface area contributed by atoms with Gasteiger partial charge in [0.05, 0.1) is 0 Å². The lowest BCUT2D eigenvalue weighted by molar-refractivity contribution is 0.374. The van der Waals surface area contributed by atoms with Crippen molar-refractivity contribution in [3.63, 3.8) is 0 Å². The molecule has 2 nitrogen and oxygen atoms in total. The van der Waals surface area contributed by atoms with Gasteiger partial charge in [0, 0.05) is 19.6 Å². The van der Waals surface area contributed by atoms with Crippen LogP contribution in [0.25, 0.3) is 0 Å². The molecule has 1 saturated heterocycles. The van der Waals surface area contributed by atoms with E-state index < -0.39 is 11.6 Å². The summed E-state index contributed by atoms with van der Waals surface area (Å²) in [5.74, 6) is -0.278. The lowest BCUT2D eigenvalue weighted by atomic mass is 9.92. The quantitative estimate of drug-likeness (QED) is 0.906. The Bertz CT molecular complexity index is 403. The topological polar surface area (TPSA) is 29.3 Å². The Kier molecular flexibility index (Phi) is 4.75. The Labute approximate surface area is 113 Å². The van der Waals surface area contributed by atoms with Gasteiger partial charge < -0.3 is 10.6 Å². The Morgan fingerprint density at radius 2 is 1.79 bits per heavy atom. The second kappa shape index (κ2) is 6.33. The van der Waals surface area contributed by atoms with Crippen LogP contribution >= 0.6 is 0 Å². The minimum absolute atomic E-state index is 0.118. The number of anilines is 1. The highest BCUT2D eigenvalue weighted by Gasteiger charge is 2.23. The third kappa shape index (κ3) is 3.24. The van der Waals surface area contributed by atoms with Crippen molar-refractivity contribution in [1.29, 1.82) is 0 Å². The fourth-order valence-corrected chi connectivity index (χ4v) is 2.89. The van der Waals surface area contributed by atoms with Crippen molar-refractivity contribution < 1.29 is 8.78 Å². The van der Waals surface area contributed by atoms with Gasteiger partial charge in [-0.3, -0.25) is 0 Å². The maximum Gasteiger partial charge on any atom is 0.149 e. The molecule has 2 rings (SSSR count). The second-order valence-electron chi connectivity index (χ2n) is 5.33. The van der Waals surface area contributed by atoms with Crippen LogP contribution in [0.3, 0.4) is 0 Å². The molecule has 0 saturated carbocycles. The standard InChI is InChI=1S/C15H22F2N2/c1-2-3-11-4-6-19(7-5-11)15-13(16)8-12(10-18)9-14(15)17/h8-9,11H,2-7,10,18H2,1H3. The van der Waals surface area contributed by atoms with Crippen LogP contribution in [0.15, 0.2) is 12.1 Å². The first-order chi connectivity index (χ1) is 9.15. The number of hydrogen-bond acceptors (Lipinski definition) is 2. The molecule has 1 aliphatic rings. The van der Waals surface area contributed by atoms with Crippen LogP contribution in [-0.4, -0.2) is 13.1 Å². The van der Waals surface area contributed by atoms with Gasteiger partial charge in [0.15, 0.2) is 0 Å². The van der Waals surface area contributed by atoms with E-state index in [1.165, 1.54) is 25.0 Å². The molecule has 0 unspecified atom stereocenters. The number of hydrogen-bond donors (Lipinski definition) is 1. The minimum atomic E-state index is -0.491. The van der Waals surface area contributed by atoms with Crippen molar-refractivity contribution in [1.82, 2.24) is 0 Å². The number of benzene rings is 1. The van der Waals surface area contributed by atoms with Crippen molar-refractivity contribution >= 4 is 5.69 Å². The predicted molar refractivity (Wildman–Crippen MR) is 74.1 cm³/mol. The van der Waals surface area contributed by atoms with E-state index in [0.717, 1.165) is 25.9 Å². The van der Waals surface area contributed by atoms with Crippen LogP contribution in [0.2, 0.25) is 0 Å². The molecular weight excluding hydrogens is 246 g/mol. The van der Waals surface area contributed by atoms with Gasteiger partial charge in [-0.2, -0.15) is 0 Å². The molecule has 106 valence electrons. The number of nitrogens with two attached hydrogens (primary N) is 1. The van der Waals surface area contributed by atoms with Crippen LogP contribution < -0.4 is 10.6 Å². The zero-order valence-corrected chi connectivity index (χ0v) is 11.5. The smallest absolute Gasteiger partial charge is 0.149 e. The minimum Gasteiger partial charge on any atom is -0.367 e. The van der Waals surface area contributed by atoms with Gasteiger partial charge in [-0.25, -0.2) is 8.78 Å². The van der Waals surface area contributed by atoms with Crippen molar-refractivity contribution in [3.05, 3.63) is 29.3 Å². The highest BCUT2D eigenvalue weighted by atomic mass is 19.1. The average molecular weight is 268 g/mol. The van der Waals surface area contributed by atoms with Gasteiger partial charge in [0.1, 0.15) is 17.3 Å². The third-order valence-electron chi connectivity index (χ3n) is 3.94. The van der Waals surface area contributed by atoms with Crippen LogP contribution in [0.5, 0.6) is 0 Å². The zero-order valence-electron chi connectivity index (χ0n) is 11.5. The average Bonchev–Trinajstić information content (AvgIpc) is 2.40. The number of piperidine rings is 1. The fraction of sp³-hybridized carbons (Fsp3) is 0.600. The molecule has 1 aromatic carbocycles. The summed E-state index contributed by atoms with van der Waals surface area (Å²) in [6, 6.07) is 2.69. The molecule has 4 heteroatoms. The lowest BCUT2D eigenvalue weighted by Crippen LogP contribution is -2.35. The second-order valence-corrected chi connectivity index (χ2v) is 5.33. The Morgan fingerprint density at radius 1 is 1.21 bits per heavy atom. The third-order valence-corrected chi connectivity index (χ3v) is 3.94. The van der Waals surface area contributed by atoms with Gasteiger partial charge in [0.2, 0.25) is 0 Å². The summed E-state index contributed by atoms with van der Waals surface area (Å²) in [7, 11) is 0. The van der Waals surface area contributed by atoms with E-state index in [4.69, 9.17) is 5.73 Å². The van der Waals surface area contributed by atoms with E-state index in [9.17, 15) is 8.78 Å². The Morgan fingerprint density at radius 3 is 2.26 bits per heavy atom. The van der Waals surface area contributed by atoms with Crippen LogP contribution in [0.4, 0.5) is 14.5 Å². The summed E-state index contributed by atoms with van der Waals surface area (Å²) in [6.07, 6.45) is 4.43. The maximum atomic E-state index is 14.0. The summed E-state index contributed by atoms with van der Waals surface area (Å²) in [5.41, 5.74) is 6.04. The molecule has 0 atom stereocenters. The van der Waals surface area contributed by atoms with Crippen molar-refractivity contribution in [3.8, 4) is 0 Å². The van der Waals surface area contributed by atoms with Crippen molar-refractivity contribution in [2.24, 2.45) is 11.7 Å². The molecule has 2 N–H and O–H groups in total. The molecule has 0 spiro atoms. The molecule has 19 heavy (non-hydrogen) atoms. The van der Waals surface area contributed by atoms with Gasteiger partial charge in [-0.15, -0.1) is 0 Å². The van der Waals surface area contributed by atoms with Gasteiger partial charge in [-0.05, 0) is 36.5 Å². The maximum absolute atomic E-state index is 14.0. The zero-order chi connectivity index (χ0) is 13.8. The molecule has 1 aliphatic heterocycles. The van der Waals surface area contributed by atoms with Gasteiger partial charge in [-0.1, -0.05) is 19.8 Å². The van der Waals surface area contributed by atoms with Crippen LogP contribution in [0.1, 0.15) is 38.2 Å². The van der Waals surface area contributed by atoms with Gasteiger partial charge >= 0.3 is 0 Å². The van der Waals surface area contributed by atoms with E-state index in [1.807, 2.05) is 4.90 Å². The summed E-state index contributed by atoms with van der Waals surface area (Å²) in [5, 5.41) is 0. The Hall–Kier alpha value is -1.16. The van der Waals surface area contributed by atoms with E-state index in [1.54, 1.807) is 0 Å². The Balaban J connectivity index is 2.11. The first-order valence-corrected chi connectivity index (χ1v) is 7.08. The monoisotopic (exact) mass is 268 g/mol. The van der Waals surface area contributed by atoms with Crippen molar-refractivity contribution in [2.75, 3.05) is 18.0 Å². The molecule has 0 amide bonds. The molecule has 0 aliphatic carbocycles. The van der Waals surface area contributed by atoms with E-state index in [0.29, 0.717) is 11.5 Å². The van der Waals surface area contributed by atoms with E-state index in [-0.39, 0.29) is 12.2 Å².